The number of rotatable bonds is 6. The van der Waals surface area contributed by atoms with Gasteiger partial charge in [0.15, 0.2) is 0 Å². The van der Waals surface area contributed by atoms with E-state index in [0.717, 1.165) is 31.6 Å². The van der Waals surface area contributed by atoms with Gasteiger partial charge in [0.2, 0.25) is 0 Å². The lowest BCUT2D eigenvalue weighted by molar-refractivity contribution is 0.0792. The van der Waals surface area contributed by atoms with Crippen LogP contribution in [-0.2, 0) is 11.3 Å². The Morgan fingerprint density at radius 3 is 2.87 bits per heavy atom. The SMILES string of the molecule is O=C(NCC1CCCC1)N(Cc1cccnc1)CC1CCCO1. The van der Waals surface area contributed by atoms with Crippen LogP contribution in [0.4, 0.5) is 4.79 Å². The van der Waals surface area contributed by atoms with Gasteiger partial charge >= 0.3 is 6.03 Å². The molecule has 1 saturated heterocycles. The van der Waals surface area contributed by atoms with E-state index >= 15 is 0 Å². The van der Waals surface area contributed by atoms with E-state index in [-0.39, 0.29) is 12.1 Å². The highest BCUT2D eigenvalue weighted by Crippen LogP contribution is 2.23. The highest BCUT2D eigenvalue weighted by molar-refractivity contribution is 5.74. The minimum Gasteiger partial charge on any atom is -0.376 e. The quantitative estimate of drug-likeness (QED) is 0.877. The smallest absolute Gasteiger partial charge is 0.317 e. The molecule has 2 fully saturated rings. The Hall–Kier alpha value is -1.62. The number of carbonyl (C=O) groups excluding carboxylic acids is 1. The summed E-state index contributed by atoms with van der Waals surface area (Å²) in [6.45, 7) is 2.86. The number of pyridine rings is 1. The fourth-order valence-electron chi connectivity index (χ4n) is 3.52. The van der Waals surface area contributed by atoms with Gasteiger partial charge in [0.05, 0.1) is 6.10 Å². The van der Waals surface area contributed by atoms with Crippen LogP contribution in [0.2, 0.25) is 0 Å². The van der Waals surface area contributed by atoms with Crippen molar-refractivity contribution in [1.29, 1.82) is 0 Å². The van der Waals surface area contributed by atoms with Crippen LogP contribution in [0.5, 0.6) is 0 Å². The molecule has 1 aliphatic heterocycles. The molecule has 23 heavy (non-hydrogen) atoms. The predicted molar refractivity (Wildman–Crippen MR) is 89.0 cm³/mol. The van der Waals surface area contributed by atoms with E-state index in [1.807, 2.05) is 23.2 Å². The molecule has 0 spiro atoms. The molecule has 1 saturated carbocycles. The number of aromatic nitrogens is 1. The second-order valence-corrected chi connectivity index (χ2v) is 6.71. The molecule has 126 valence electrons. The molecular formula is C18H27N3O2. The van der Waals surface area contributed by atoms with Gasteiger partial charge in [-0.05, 0) is 43.2 Å². The molecule has 0 bridgehead atoms. The molecule has 5 heteroatoms. The molecule has 1 N–H and O–H groups in total. The number of urea groups is 1. The number of hydrogen-bond donors (Lipinski definition) is 1. The normalized spacial score (nSPS) is 21.5. The highest BCUT2D eigenvalue weighted by Gasteiger charge is 2.24. The van der Waals surface area contributed by atoms with Gasteiger partial charge in [-0.15, -0.1) is 0 Å². The second-order valence-electron chi connectivity index (χ2n) is 6.71. The van der Waals surface area contributed by atoms with Crippen molar-refractivity contribution in [3.05, 3.63) is 30.1 Å². The van der Waals surface area contributed by atoms with E-state index in [2.05, 4.69) is 10.3 Å². The topological polar surface area (TPSA) is 54.5 Å². The minimum absolute atomic E-state index is 0.0243. The summed E-state index contributed by atoms with van der Waals surface area (Å²) < 4.78 is 5.71. The zero-order valence-corrected chi connectivity index (χ0v) is 13.7. The van der Waals surface area contributed by atoms with Gasteiger partial charge in [0, 0.05) is 38.6 Å². The molecule has 1 aromatic heterocycles. The largest absolute Gasteiger partial charge is 0.376 e. The van der Waals surface area contributed by atoms with E-state index in [9.17, 15) is 4.79 Å². The summed E-state index contributed by atoms with van der Waals surface area (Å²) in [5.41, 5.74) is 1.06. The van der Waals surface area contributed by atoms with E-state index in [0.29, 0.717) is 19.0 Å². The Morgan fingerprint density at radius 1 is 1.30 bits per heavy atom. The van der Waals surface area contributed by atoms with Crippen LogP contribution in [0.1, 0.15) is 44.1 Å². The van der Waals surface area contributed by atoms with Crippen molar-refractivity contribution in [3.63, 3.8) is 0 Å². The summed E-state index contributed by atoms with van der Waals surface area (Å²) >= 11 is 0. The molecular weight excluding hydrogens is 290 g/mol. The maximum atomic E-state index is 12.6. The third kappa shape index (κ3) is 4.93. The fourth-order valence-corrected chi connectivity index (χ4v) is 3.52. The van der Waals surface area contributed by atoms with Crippen molar-refractivity contribution in [2.24, 2.45) is 5.92 Å². The molecule has 2 heterocycles. The number of amides is 2. The van der Waals surface area contributed by atoms with Crippen molar-refractivity contribution in [1.82, 2.24) is 15.2 Å². The third-order valence-corrected chi connectivity index (χ3v) is 4.85. The first-order chi connectivity index (χ1) is 11.3. The first-order valence-electron chi connectivity index (χ1n) is 8.84. The molecule has 3 rings (SSSR count). The Bertz CT molecular complexity index is 482. The zero-order chi connectivity index (χ0) is 15.9. The average Bonchev–Trinajstić information content (AvgIpc) is 3.26. The predicted octanol–water partition coefficient (Wildman–Crippen LogP) is 2.96. The Kier molecular flexibility index (Phi) is 5.86. The van der Waals surface area contributed by atoms with Gasteiger partial charge in [-0.2, -0.15) is 0 Å². The van der Waals surface area contributed by atoms with Gasteiger partial charge in [0.1, 0.15) is 0 Å². The molecule has 0 aromatic carbocycles. The van der Waals surface area contributed by atoms with Crippen LogP contribution in [0.25, 0.3) is 0 Å². The maximum Gasteiger partial charge on any atom is 0.317 e. The van der Waals surface area contributed by atoms with Crippen LogP contribution in [0, 0.1) is 5.92 Å². The van der Waals surface area contributed by atoms with Gasteiger partial charge in [0.25, 0.3) is 0 Å². The lowest BCUT2D eigenvalue weighted by Gasteiger charge is -2.26. The van der Waals surface area contributed by atoms with E-state index in [4.69, 9.17) is 4.74 Å². The summed E-state index contributed by atoms with van der Waals surface area (Å²) in [4.78, 5) is 18.7. The van der Waals surface area contributed by atoms with Crippen molar-refractivity contribution >= 4 is 6.03 Å². The van der Waals surface area contributed by atoms with E-state index in [1.54, 1.807) is 6.20 Å². The summed E-state index contributed by atoms with van der Waals surface area (Å²) in [7, 11) is 0. The maximum absolute atomic E-state index is 12.6. The highest BCUT2D eigenvalue weighted by atomic mass is 16.5. The summed E-state index contributed by atoms with van der Waals surface area (Å²) in [6, 6.07) is 3.95. The van der Waals surface area contributed by atoms with Crippen LogP contribution >= 0.6 is 0 Å². The van der Waals surface area contributed by atoms with Crippen molar-refractivity contribution < 1.29 is 9.53 Å². The van der Waals surface area contributed by atoms with E-state index in [1.165, 1.54) is 25.7 Å². The van der Waals surface area contributed by atoms with Crippen molar-refractivity contribution in [3.8, 4) is 0 Å². The Balaban J connectivity index is 1.57. The monoisotopic (exact) mass is 317 g/mol. The first-order valence-corrected chi connectivity index (χ1v) is 8.84. The molecule has 2 aliphatic rings. The Morgan fingerprint density at radius 2 is 2.17 bits per heavy atom. The van der Waals surface area contributed by atoms with Crippen molar-refractivity contribution in [2.45, 2.75) is 51.2 Å². The minimum atomic E-state index is 0.0243. The summed E-state index contributed by atoms with van der Waals surface area (Å²) in [5.74, 6) is 0.655. The molecule has 2 amide bonds. The average molecular weight is 317 g/mol. The molecule has 0 radical (unpaired) electrons. The molecule has 5 nitrogen and oxygen atoms in total. The van der Waals surface area contributed by atoms with E-state index < -0.39 is 0 Å². The number of ether oxygens (including phenoxy) is 1. The lowest BCUT2D eigenvalue weighted by Crippen LogP contribution is -2.44. The number of hydrogen-bond acceptors (Lipinski definition) is 3. The summed E-state index contributed by atoms with van der Waals surface area (Å²) in [6.07, 6.45) is 11.0. The number of nitrogens with one attached hydrogen (secondary N) is 1. The molecule has 1 unspecified atom stereocenters. The van der Waals surface area contributed by atoms with Gasteiger partial charge in [-0.1, -0.05) is 18.9 Å². The van der Waals surface area contributed by atoms with Crippen LogP contribution in [-0.4, -0.2) is 41.7 Å². The Labute approximate surface area is 138 Å². The van der Waals surface area contributed by atoms with Crippen LogP contribution in [0.3, 0.4) is 0 Å². The zero-order valence-electron chi connectivity index (χ0n) is 13.7. The van der Waals surface area contributed by atoms with Crippen LogP contribution < -0.4 is 5.32 Å². The standard InChI is InChI=1S/C18H27N3O2/c22-18(20-12-15-5-1-2-6-15)21(14-17-8-4-10-23-17)13-16-7-3-9-19-11-16/h3,7,9,11,15,17H,1-2,4-6,8,10,12-14H2,(H,20,22). The van der Waals surface area contributed by atoms with Gasteiger partial charge < -0.3 is 15.0 Å². The summed E-state index contributed by atoms with van der Waals surface area (Å²) in [5, 5.41) is 3.13. The first kappa shape index (κ1) is 16.2. The number of carbonyl (C=O) groups is 1. The lowest BCUT2D eigenvalue weighted by atomic mass is 10.1. The molecule has 1 aliphatic carbocycles. The van der Waals surface area contributed by atoms with Crippen LogP contribution in [0.15, 0.2) is 24.5 Å². The fraction of sp³-hybridized carbons (Fsp3) is 0.667. The van der Waals surface area contributed by atoms with Crippen molar-refractivity contribution in [2.75, 3.05) is 19.7 Å². The molecule has 1 atom stereocenters. The third-order valence-electron chi connectivity index (χ3n) is 4.85. The van der Waals surface area contributed by atoms with Gasteiger partial charge in [-0.25, -0.2) is 4.79 Å². The molecule has 1 aromatic rings. The van der Waals surface area contributed by atoms with Gasteiger partial charge in [-0.3, -0.25) is 4.98 Å². The number of nitrogens with zero attached hydrogens (tertiary/aromatic N) is 2. The second kappa shape index (κ2) is 8.29.